The lowest BCUT2D eigenvalue weighted by molar-refractivity contribution is 0.670. The Hall–Kier alpha value is -7.68. The molecule has 0 aliphatic rings. The third-order valence-electron chi connectivity index (χ3n) is 11.5. The topological polar surface area (TPSA) is 16.4 Å². The van der Waals surface area contributed by atoms with Gasteiger partial charge in [-0.15, -0.1) is 0 Å². The molecule has 1 aromatic heterocycles. The van der Waals surface area contributed by atoms with Crippen LogP contribution in [-0.4, -0.2) is 0 Å². The Morgan fingerprint density at radius 1 is 0.293 bits per heavy atom. The maximum absolute atomic E-state index is 7.03. The first kappa shape index (κ1) is 33.6. The number of para-hydroxylation sites is 2. The van der Waals surface area contributed by atoms with Gasteiger partial charge in [0.05, 0.1) is 5.69 Å². The van der Waals surface area contributed by atoms with Crippen molar-refractivity contribution in [2.75, 3.05) is 4.90 Å². The van der Waals surface area contributed by atoms with Crippen molar-refractivity contribution in [1.82, 2.24) is 0 Å². The minimum Gasteiger partial charge on any atom is -0.453 e. The van der Waals surface area contributed by atoms with E-state index in [0.29, 0.717) is 0 Å². The average molecular weight is 740 g/mol. The SMILES string of the molecule is c1ccc(-c2cccc3c2oc2c(N(c4ccc(-c5cccc6ccccc56)cc4)c4cccc(-c5cccc6cccc(-c7ccccc7)c56)c4)cccc23)cc1. The Morgan fingerprint density at radius 3 is 1.55 bits per heavy atom. The number of fused-ring (bicyclic) bond motifs is 5. The van der Waals surface area contributed by atoms with Gasteiger partial charge in [0.2, 0.25) is 0 Å². The molecule has 0 radical (unpaired) electrons. The maximum Gasteiger partial charge on any atom is 0.159 e. The molecule has 0 N–H and O–H groups in total. The fourth-order valence-electron chi connectivity index (χ4n) is 8.77. The predicted octanol–water partition coefficient (Wildman–Crippen LogP) is 16.0. The lowest BCUT2D eigenvalue weighted by Gasteiger charge is -2.26. The molecule has 2 heteroatoms. The second-order valence-corrected chi connectivity index (χ2v) is 14.8. The summed E-state index contributed by atoms with van der Waals surface area (Å²) < 4.78 is 7.03. The normalized spacial score (nSPS) is 11.4. The number of furan rings is 1. The monoisotopic (exact) mass is 739 g/mol. The van der Waals surface area contributed by atoms with Crippen LogP contribution in [0.2, 0.25) is 0 Å². The van der Waals surface area contributed by atoms with Crippen molar-refractivity contribution in [1.29, 1.82) is 0 Å². The molecule has 0 bridgehead atoms. The molecule has 0 amide bonds. The van der Waals surface area contributed by atoms with E-state index in [1.807, 2.05) is 0 Å². The molecule has 2 nitrogen and oxygen atoms in total. The zero-order chi connectivity index (χ0) is 38.4. The highest BCUT2D eigenvalue weighted by molar-refractivity contribution is 6.14. The van der Waals surface area contributed by atoms with E-state index in [1.54, 1.807) is 0 Å². The minimum absolute atomic E-state index is 0.848. The van der Waals surface area contributed by atoms with Gasteiger partial charge in [-0.1, -0.05) is 194 Å². The summed E-state index contributed by atoms with van der Waals surface area (Å²) >= 11 is 0. The fraction of sp³-hybridized carbons (Fsp3) is 0. The van der Waals surface area contributed by atoms with Crippen LogP contribution in [0.4, 0.5) is 17.1 Å². The second kappa shape index (κ2) is 14.1. The van der Waals surface area contributed by atoms with Gasteiger partial charge in [-0.05, 0) is 90.8 Å². The summed E-state index contributed by atoms with van der Waals surface area (Å²) in [5, 5.41) is 7.12. The number of rotatable bonds is 7. The molecule has 0 aliphatic heterocycles. The van der Waals surface area contributed by atoms with E-state index < -0.39 is 0 Å². The molecule has 11 rings (SSSR count). The van der Waals surface area contributed by atoms with Gasteiger partial charge < -0.3 is 9.32 Å². The maximum atomic E-state index is 7.03. The van der Waals surface area contributed by atoms with Crippen molar-refractivity contribution < 1.29 is 4.42 Å². The molecule has 58 heavy (non-hydrogen) atoms. The number of hydrogen-bond donors (Lipinski definition) is 0. The summed E-state index contributed by atoms with van der Waals surface area (Å²) in [4.78, 5) is 2.35. The molecule has 0 fully saturated rings. The van der Waals surface area contributed by atoms with Gasteiger partial charge in [0.15, 0.2) is 5.58 Å². The van der Waals surface area contributed by atoms with Gasteiger partial charge in [-0.25, -0.2) is 0 Å². The summed E-state index contributed by atoms with van der Waals surface area (Å²) in [5.74, 6) is 0. The highest BCUT2D eigenvalue weighted by Gasteiger charge is 2.22. The van der Waals surface area contributed by atoms with E-state index in [0.717, 1.165) is 55.7 Å². The summed E-state index contributed by atoms with van der Waals surface area (Å²) in [6.07, 6.45) is 0. The van der Waals surface area contributed by atoms with Crippen molar-refractivity contribution in [2.24, 2.45) is 0 Å². The third-order valence-corrected chi connectivity index (χ3v) is 11.5. The van der Waals surface area contributed by atoms with Crippen molar-refractivity contribution in [3.63, 3.8) is 0 Å². The van der Waals surface area contributed by atoms with Gasteiger partial charge in [-0.2, -0.15) is 0 Å². The summed E-state index contributed by atoms with van der Waals surface area (Å²) in [5.41, 5.74) is 14.2. The predicted molar refractivity (Wildman–Crippen MR) is 245 cm³/mol. The zero-order valence-electron chi connectivity index (χ0n) is 31.7. The molecule has 0 atom stereocenters. The molecular weight excluding hydrogens is 703 g/mol. The first-order valence-corrected chi connectivity index (χ1v) is 19.8. The molecule has 0 spiro atoms. The summed E-state index contributed by atoms with van der Waals surface area (Å²) in [7, 11) is 0. The van der Waals surface area contributed by atoms with Gasteiger partial charge in [0, 0.05) is 27.7 Å². The van der Waals surface area contributed by atoms with E-state index in [4.69, 9.17) is 4.42 Å². The van der Waals surface area contributed by atoms with E-state index >= 15 is 0 Å². The highest BCUT2D eigenvalue weighted by Crippen LogP contribution is 2.46. The second-order valence-electron chi connectivity index (χ2n) is 14.8. The van der Waals surface area contributed by atoms with Gasteiger partial charge in [-0.3, -0.25) is 0 Å². The molecule has 0 saturated heterocycles. The minimum atomic E-state index is 0.848. The molecule has 10 aromatic carbocycles. The standard InChI is InChI=1S/C56H37NO/c1-3-15-39(16-4-1)48-27-11-21-42-22-12-28-49(54(42)48)43-23-9-24-45(37-43)57(44-35-33-41(34-36-44)47-26-10-20-38-19-7-8-25-46(38)47)53-32-14-31-52-51-30-13-29-50(55(51)58-56(52)53)40-17-5-2-6-18-40/h1-37H. The molecule has 0 saturated carbocycles. The van der Waals surface area contributed by atoms with Crippen LogP contribution >= 0.6 is 0 Å². The lowest BCUT2D eigenvalue weighted by atomic mass is 9.91. The van der Waals surface area contributed by atoms with Crippen LogP contribution in [0.15, 0.2) is 229 Å². The fourth-order valence-corrected chi connectivity index (χ4v) is 8.77. The third kappa shape index (κ3) is 5.74. The van der Waals surface area contributed by atoms with Crippen LogP contribution < -0.4 is 4.90 Å². The van der Waals surface area contributed by atoms with Crippen LogP contribution in [0, 0.1) is 0 Å². The smallest absolute Gasteiger partial charge is 0.159 e. The van der Waals surface area contributed by atoms with Gasteiger partial charge >= 0.3 is 0 Å². The Kier molecular flexibility index (Phi) is 8.19. The van der Waals surface area contributed by atoms with Crippen molar-refractivity contribution in [3.05, 3.63) is 224 Å². The summed E-state index contributed by atoms with van der Waals surface area (Å²) in [6, 6.07) is 80.5. The van der Waals surface area contributed by atoms with Crippen LogP contribution in [0.3, 0.4) is 0 Å². The quantitative estimate of drug-likeness (QED) is 0.162. The van der Waals surface area contributed by atoms with Crippen molar-refractivity contribution >= 4 is 60.5 Å². The molecule has 11 aromatic rings. The van der Waals surface area contributed by atoms with E-state index in [2.05, 4.69) is 229 Å². The van der Waals surface area contributed by atoms with Crippen molar-refractivity contribution in [2.45, 2.75) is 0 Å². The van der Waals surface area contributed by atoms with E-state index in [9.17, 15) is 0 Å². The number of hydrogen-bond acceptors (Lipinski definition) is 2. The highest BCUT2D eigenvalue weighted by atomic mass is 16.3. The van der Waals surface area contributed by atoms with E-state index in [1.165, 1.54) is 49.4 Å². The molecule has 1 heterocycles. The zero-order valence-corrected chi connectivity index (χ0v) is 31.7. The largest absolute Gasteiger partial charge is 0.453 e. The molecule has 272 valence electrons. The number of anilines is 3. The number of benzene rings is 10. The Morgan fingerprint density at radius 2 is 0.793 bits per heavy atom. The first-order valence-electron chi connectivity index (χ1n) is 19.8. The van der Waals surface area contributed by atoms with Crippen molar-refractivity contribution in [3.8, 4) is 44.5 Å². The lowest BCUT2D eigenvalue weighted by Crippen LogP contribution is -2.10. The van der Waals surface area contributed by atoms with Crippen LogP contribution in [0.5, 0.6) is 0 Å². The average Bonchev–Trinajstić information content (AvgIpc) is 3.69. The Bertz CT molecular complexity index is 3260. The first-order chi connectivity index (χ1) is 28.8. The van der Waals surface area contributed by atoms with Gasteiger partial charge in [0.25, 0.3) is 0 Å². The molecule has 0 aliphatic carbocycles. The molecule has 0 unspecified atom stereocenters. The van der Waals surface area contributed by atoms with Gasteiger partial charge in [0.1, 0.15) is 5.58 Å². The Balaban J connectivity index is 1.12. The van der Waals surface area contributed by atoms with Crippen LogP contribution in [0.25, 0.3) is 88.0 Å². The number of nitrogens with zero attached hydrogens (tertiary/aromatic N) is 1. The van der Waals surface area contributed by atoms with E-state index in [-0.39, 0.29) is 0 Å². The van der Waals surface area contributed by atoms with Crippen LogP contribution in [-0.2, 0) is 0 Å². The Labute approximate surface area is 337 Å². The molecular formula is C56H37NO. The van der Waals surface area contributed by atoms with Crippen LogP contribution in [0.1, 0.15) is 0 Å². The summed E-state index contributed by atoms with van der Waals surface area (Å²) in [6.45, 7) is 0.